The van der Waals surface area contributed by atoms with Crippen molar-refractivity contribution in [2.45, 2.75) is 39.3 Å². The zero-order valence-corrected chi connectivity index (χ0v) is 16.0. The van der Waals surface area contributed by atoms with Gasteiger partial charge in [-0.25, -0.2) is 0 Å². The van der Waals surface area contributed by atoms with Crippen LogP contribution in [-0.2, 0) is 4.79 Å². The SMILES string of the molecule is Cc1ccc(NC(=O)CC2CSCCN2)cc1C(=O)NC(C)C.Cl. The number of rotatable bonds is 5. The van der Waals surface area contributed by atoms with Crippen LogP contribution in [-0.4, -0.2) is 41.9 Å². The van der Waals surface area contributed by atoms with Gasteiger partial charge in [0.15, 0.2) is 0 Å². The molecule has 7 heteroatoms. The molecule has 1 aliphatic heterocycles. The highest BCUT2D eigenvalue weighted by atomic mass is 35.5. The molecule has 1 aromatic rings. The number of nitrogens with one attached hydrogen (secondary N) is 3. The average Bonchev–Trinajstić information content (AvgIpc) is 2.49. The molecule has 0 saturated carbocycles. The van der Waals surface area contributed by atoms with Gasteiger partial charge in [0.1, 0.15) is 0 Å². The Morgan fingerprint density at radius 2 is 2.12 bits per heavy atom. The number of hydrogen-bond acceptors (Lipinski definition) is 4. The third-order valence-electron chi connectivity index (χ3n) is 3.62. The Hall–Kier alpha value is -1.24. The van der Waals surface area contributed by atoms with Gasteiger partial charge in [0.2, 0.25) is 5.91 Å². The number of benzene rings is 1. The normalized spacial score (nSPS) is 17.1. The van der Waals surface area contributed by atoms with Gasteiger partial charge in [-0.15, -0.1) is 12.4 Å². The lowest BCUT2D eigenvalue weighted by Gasteiger charge is -2.22. The molecule has 5 nitrogen and oxygen atoms in total. The van der Waals surface area contributed by atoms with E-state index in [2.05, 4.69) is 16.0 Å². The summed E-state index contributed by atoms with van der Waals surface area (Å²) >= 11 is 1.87. The van der Waals surface area contributed by atoms with Crippen LogP contribution in [0.25, 0.3) is 0 Å². The molecule has 2 rings (SSSR count). The summed E-state index contributed by atoms with van der Waals surface area (Å²) in [5, 5.41) is 9.13. The zero-order valence-electron chi connectivity index (χ0n) is 14.3. The monoisotopic (exact) mass is 371 g/mol. The number of carbonyl (C=O) groups excluding carboxylic acids is 2. The van der Waals surface area contributed by atoms with Crippen LogP contribution in [0.2, 0.25) is 0 Å². The first-order chi connectivity index (χ1) is 11.0. The number of anilines is 1. The predicted molar refractivity (Wildman–Crippen MR) is 103 cm³/mol. The van der Waals surface area contributed by atoms with Crippen molar-refractivity contribution in [1.29, 1.82) is 0 Å². The van der Waals surface area contributed by atoms with Crippen LogP contribution in [0.4, 0.5) is 5.69 Å². The van der Waals surface area contributed by atoms with Crippen molar-refractivity contribution in [2.75, 3.05) is 23.4 Å². The number of thioether (sulfide) groups is 1. The fourth-order valence-corrected chi connectivity index (χ4v) is 3.42. The van der Waals surface area contributed by atoms with E-state index in [1.54, 1.807) is 6.07 Å². The summed E-state index contributed by atoms with van der Waals surface area (Å²) in [6.07, 6.45) is 0.453. The first-order valence-corrected chi connectivity index (χ1v) is 9.13. The largest absolute Gasteiger partial charge is 0.350 e. The van der Waals surface area contributed by atoms with Crippen LogP contribution in [0.1, 0.15) is 36.2 Å². The van der Waals surface area contributed by atoms with E-state index < -0.39 is 0 Å². The molecule has 3 N–H and O–H groups in total. The van der Waals surface area contributed by atoms with Crippen LogP contribution in [0, 0.1) is 6.92 Å². The van der Waals surface area contributed by atoms with Gasteiger partial charge in [0.05, 0.1) is 0 Å². The minimum Gasteiger partial charge on any atom is -0.350 e. The Morgan fingerprint density at radius 1 is 1.38 bits per heavy atom. The number of halogens is 1. The van der Waals surface area contributed by atoms with Gasteiger partial charge in [-0.2, -0.15) is 11.8 Å². The molecular weight excluding hydrogens is 346 g/mol. The molecule has 0 aromatic heterocycles. The van der Waals surface area contributed by atoms with Crippen LogP contribution in [0.15, 0.2) is 18.2 Å². The van der Waals surface area contributed by atoms with Crippen LogP contribution < -0.4 is 16.0 Å². The van der Waals surface area contributed by atoms with Gasteiger partial charge >= 0.3 is 0 Å². The van der Waals surface area contributed by atoms with E-state index in [-0.39, 0.29) is 36.3 Å². The van der Waals surface area contributed by atoms with Gasteiger partial charge in [0, 0.05) is 47.8 Å². The number of aryl methyl sites for hydroxylation is 1. The molecule has 24 heavy (non-hydrogen) atoms. The van der Waals surface area contributed by atoms with E-state index in [9.17, 15) is 9.59 Å². The van der Waals surface area contributed by atoms with Crippen LogP contribution in [0.5, 0.6) is 0 Å². The highest BCUT2D eigenvalue weighted by Crippen LogP contribution is 2.17. The molecule has 1 unspecified atom stereocenters. The molecule has 1 saturated heterocycles. The molecule has 2 amide bonds. The average molecular weight is 372 g/mol. The van der Waals surface area contributed by atoms with E-state index in [1.165, 1.54) is 0 Å². The topological polar surface area (TPSA) is 70.2 Å². The zero-order chi connectivity index (χ0) is 16.8. The Balaban J connectivity index is 0.00000288. The lowest BCUT2D eigenvalue weighted by molar-refractivity contribution is -0.116. The van der Waals surface area contributed by atoms with Gasteiger partial charge in [-0.1, -0.05) is 6.07 Å². The van der Waals surface area contributed by atoms with E-state index >= 15 is 0 Å². The molecule has 1 atom stereocenters. The van der Waals surface area contributed by atoms with Gasteiger partial charge in [0.25, 0.3) is 5.91 Å². The summed E-state index contributed by atoms with van der Waals surface area (Å²) in [6, 6.07) is 5.74. The number of carbonyl (C=O) groups is 2. The first kappa shape index (κ1) is 20.8. The van der Waals surface area contributed by atoms with Crippen molar-refractivity contribution in [2.24, 2.45) is 0 Å². The second-order valence-electron chi connectivity index (χ2n) is 6.14. The second-order valence-corrected chi connectivity index (χ2v) is 7.29. The fourth-order valence-electron chi connectivity index (χ4n) is 2.47. The Bertz CT molecular complexity index is 575. The quantitative estimate of drug-likeness (QED) is 0.744. The lowest BCUT2D eigenvalue weighted by atomic mass is 10.1. The molecule has 134 valence electrons. The summed E-state index contributed by atoms with van der Waals surface area (Å²) in [7, 11) is 0. The number of amides is 2. The van der Waals surface area contributed by atoms with E-state index in [0.717, 1.165) is 23.6 Å². The minimum absolute atomic E-state index is 0. The maximum absolute atomic E-state index is 12.2. The van der Waals surface area contributed by atoms with Crippen molar-refractivity contribution < 1.29 is 9.59 Å². The van der Waals surface area contributed by atoms with Gasteiger partial charge in [-0.3, -0.25) is 9.59 Å². The minimum atomic E-state index is -0.112. The van der Waals surface area contributed by atoms with Crippen LogP contribution in [0.3, 0.4) is 0 Å². The molecule has 0 bridgehead atoms. The Labute approximate surface area is 154 Å². The highest BCUT2D eigenvalue weighted by molar-refractivity contribution is 7.99. The molecule has 0 radical (unpaired) electrons. The van der Waals surface area contributed by atoms with E-state index in [1.807, 2.05) is 44.7 Å². The predicted octanol–water partition coefficient (Wildman–Crippen LogP) is 2.59. The molecule has 1 fully saturated rings. The van der Waals surface area contributed by atoms with Crippen molar-refractivity contribution in [1.82, 2.24) is 10.6 Å². The van der Waals surface area contributed by atoms with Crippen molar-refractivity contribution in [3.63, 3.8) is 0 Å². The third kappa shape index (κ3) is 6.34. The third-order valence-corrected chi connectivity index (χ3v) is 4.75. The van der Waals surface area contributed by atoms with Crippen LogP contribution >= 0.6 is 24.2 Å². The van der Waals surface area contributed by atoms with E-state index in [4.69, 9.17) is 0 Å². The second kappa shape index (κ2) is 9.91. The summed E-state index contributed by atoms with van der Waals surface area (Å²) in [4.78, 5) is 24.4. The highest BCUT2D eigenvalue weighted by Gasteiger charge is 2.17. The standard InChI is InChI=1S/C17H25N3O2S.ClH/c1-11(2)19-17(22)15-8-13(5-4-12(15)3)20-16(21)9-14-10-23-7-6-18-14;/h4-5,8,11,14,18H,6-7,9-10H2,1-3H3,(H,19,22)(H,20,21);1H. The van der Waals surface area contributed by atoms with Crippen molar-refractivity contribution in [3.05, 3.63) is 29.3 Å². The summed E-state index contributed by atoms with van der Waals surface area (Å²) in [5.41, 5.74) is 2.16. The molecule has 0 aliphatic carbocycles. The molecule has 1 aromatic carbocycles. The first-order valence-electron chi connectivity index (χ1n) is 7.98. The Morgan fingerprint density at radius 3 is 2.75 bits per heavy atom. The smallest absolute Gasteiger partial charge is 0.251 e. The summed E-state index contributed by atoms with van der Waals surface area (Å²) in [5.74, 6) is 1.93. The maximum Gasteiger partial charge on any atom is 0.251 e. The number of hydrogen-bond donors (Lipinski definition) is 3. The van der Waals surface area contributed by atoms with Crippen molar-refractivity contribution >= 4 is 41.7 Å². The molecular formula is C17H26ClN3O2S. The molecule has 0 spiro atoms. The van der Waals surface area contributed by atoms with Crippen molar-refractivity contribution in [3.8, 4) is 0 Å². The molecule has 1 aliphatic rings. The lowest BCUT2D eigenvalue weighted by Crippen LogP contribution is -2.39. The Kier molecular flexibility index (Phi) is 8.59. The molecule has 1 heterocycles. The summed E-state index contributed by atoms with van der Waals surface area (Å²) in [6.45, 7) is 6.69. The fraction of sp³-hybridized carbons (Fsp3) is 0.529. The van der Waals surface area contributed by atoms with Gasteiger partial charge in [-0.05, 0) is 38.5 Å². The van der Waals surface area contributed by atoms with E-state index in [0.29, 0.717) is 17.7 Å². The summed E-state index contributed by atoms with van der Waals surface area (Å²) < 4.78 is 0. The maximum atomic E-state index is 12.2. The van der Waals surface area contributed by atoms with Gasteiger partial charge < -0.3 is 16.0 Å².